The number of likely N-dealkylation sites (tertiary alicyclic amines) is 1. The molecule has 2 N–H and O–H groups in total. The molecule has 0 aliphatic carbocycles. The van der Waals surface area contributed by atoms with Crippen LogP contribution in [0.3, 0.4) is 0 Å². The van der Waals surface area contributed by atoms with E-state index in [1.165, 1.54) is 0 Å². The predicted octanol–water partition coefficient (Wildman–Crippen LogP) is 1.16. The topological polar surface area (TPSA) is 61.8 Å². The maximum Gasteiger partial charge on any atom is 0.240 e. The highest BCUT2D eigenvalue weighted by Crippen LogP contribution is 2.27. The quantitative estimate of drug-likeness (QED) is 0.855. The van der Waals surface area contributed by atoms with Gasteiger partial charge in [0.1, 0.15) is 5.75 Å². The van der Waals surface area contributed by atoms with Gasteiger partial charge in [-0.15, -0.1) is 0 Å². The zero-order valence-corrected chi connectivity index (χ0v) is 12.9. The van der Waals surface area contributed by atoms with Gasteiger partial charge in [-0.25, -0.2) is 0 Å². The number of benzene rings is 1. The molecule has 0 aromatic heterocycles. The lowest BCUT2D eigenvalue weighted by Gasteiger charge is -2.30. The van der Waals surface area contributed by atoms with Gasteiger partial charge in [0, 0.05) is 19.5 Å². The molecule has 0 radical (unpaired) electrons. The van der Waals surface area contributed by atoms with Gasteiger partial charge in [0.2, 0.25) is 5.91 Å². The summed E-state index contributed by atoms with van der Waals surface area (Å²) in [5.41, 5.74) is 0.357. The molecule has 21 heavy (non-hydrogen) atoms. The highest BCUT2D eigenvalue weighted by Gasteiger charge is 2.44. The standard InChI is InChI=1S/C16H24N2O3/c1-4-21-14-7-5-6-12(8-14)10-17-15(20)16(2)9-13(19)11-18(16)3/h5-8,13,19H,4,9-11H2,1-3H3,(H,17,20). The molecule has 1 aromatic rings. The van der Waals surface area contributed by atoms with Crippen molar-refractivity contribution in [2.45, 2.75) is 38.5 Å². The fourth-order valence-corrected chi connectivity index (χ4v) is 2.75. The van der Waals surface area contributed by atoms with E-state index >= 15 is 0 Å². The summed E-state index contributed by atoms with van der Waals surface area (Å²) in [5, 5.41) is 12.7. The molecule has 1 aromatic carbocycles. The lowest BCUT2D eigenvalue weighted by atomic mass is 9.97. The fraction of sp³-hybridized carbons (Fsp3) is 0.562. The molecular formula is C16H24N2O3. The fourth-order valence-electron chi connectivity index (χ4n) is 2.75. The summed E-state index contributed by atoms with van der Waals surface area (Å²) >= 11 is 0. The van der Waals surface area contributed by atoms with Crippen molar-refractivity contribution in [2.24, 2.45) is 0 Å². The molecule has 1 heterocycles. The van der Waals surface area contributed by atoms with Crippen LogP contribution in [-0.2, 0) is 11.3 Å². The Bertz CT molecular complexity index is 506. The number of aliphatic hydroxyl groups is 1. The monoisotopic (exact) mass is 292 g/mol. The third-order valence-corrected chi connectivity index (χ3v) is 4.11. The normalized spacial score (nSPS) is 25.8. The summed E-state index contributed by atoms with van der Waals surface area (Å²) < 4.78 is 5.45. The van der Waals surface area contributed by atoms with Crippen LogP contribution in [0.1, 0.15) is 25.8 Å². The first-order valence-corrected chi connectivity index (χ1v) is 7.35. The minimum Gasteiger partial charge on any atom is -0.494 e. The van der Waals surface area contributed by atoms with Crippen molar-refractivity contribution in [3.05, 3.63) is 29.8 Å². The number of likely N-dealkylation sites (N-methyl/N-ethyl adjacent to an activating group) is 1. The summed E-state index contributed by atoms with van der Waals surface area (Å²) in [5.74, 6) is 0.757. The molecule has 1 saturated heterocycles. The Kier molecular flexibility index (Phi) is 4.85. The van der Waals surface area contributed by atoms with Crippen LogP contribution in [0.5, 0.6) is 5.75 Å². The van der Waals surface area contributed by atoms with Crippen molar-refractivity contribution in [3.63, 3.8) is 0 Å². The van der Waals surface area contributed by atoms with Gasteiger partial charge < -0.3 is 15.2 Å². The van der Waals surface area contributed by atoms with Crippen LogP contribution in [0.25, 0.3) is 0 Å². The van der Waals surface area contributed by atoms with E-state index in [1.807, 2.05) is 50.1 Å². The minimum atomic E-state index is -0.642. The van der Waals surface area contributed by atoms with Crippen molar-refractivity contribution in [3.8, 4) is 5.75 Å². The van der Waals surface area contributed by atoms with E-state index in [9.17, 15) is 9.90 Å². The Morgan fingerprint density at radius 1 is 1.57 bits per heavy atom. The summed E-state index contributed by atoms with van der Waals surface area (Å²) in [6.45, 7) is 5.42. The molecule has 2 unspecified atom stereocenters. The van der Waals surface area contributed by atoms with Crippen LogP contribution in [0.2, 0.25) is 0 Å². The summed E-state index contributed by atoms with van der Waals surface area (Å²) in [4.78, 5) is 14.3. The maximum atomic E-state index is 12.4. The number of nitrogens with one attached hydrogen (secondary N) is 1. The number of aliphatic hydroxyl groups excluding tert-OH is 1. The molecule has 5 heteroatoms. The molecule has 5 nitrogen and oxygen atoms in total. The molecule has 2 atom stereocenters. The smallest absolute Gasteiger partial charge is 0.240 e. The highest BCUT2D eigenvalue weighted by atomic mass is 16.5. The number of amides is 1. The van der Waals surface area contributed by atoms with Gasteiger partial charge >= 0.3 is 0 Å². The van der Waals surface area contributed by atoms with Crippen LogP contribution in [0.4, 0.5) is 0 Å². The summed E-state index contributed by atoms with van der Waals surface area (Å²) in [6.07, 6.45) is 0.0287. The van der Waals surface area contributed by atoms with E-state index in [0.29, 0.717) is 26.1 Å². The molecule has 116 valence electrons. The number of nitrogens with zero attached hydrogens (tertiary/aromatic N) is 1. The number of hydrogen-bond acceptors (Lipinski definition) is 4. The molecule has 0 bridgehead atoms. The van der Waals surface area contributed by atoms with Gasteiger partial charge in [0.05, 0.1) is 18.2 Å². The molecule has 1 amide bonds. The van der Waals surface area contributed by atoms with Gasteiger partial charge in [-0.1, -0.05) is 12.1 Å². The van der Waals surface area contributed by atoms with Crippen molar-refractivity contribution in [1.82, 2.24) is 10.2 Å². The number of rotatable bonds is 5. The first-order valence-electron chi connectivity index (χ1n) is 7.35. The lowest BCUT2D eigenvalue weighted by molar-refractivity contribution is -0.130. The minimum absolute atomic E-state index is 0.0524. The maximum absolute atomic E-state index is 12.4. The Morgan fingerprint density at radius 2 is 2.33 bits per heavy atom. The zero-order chi connectivity index (χ0) is 15.5. The molecule has 1 aliphatic rings. The van der Waals surface area contributed by atoms with Crippen molar-refractivity contribution >= 4 is 5.91 Å². The third kappa shape index (κ3) is 3.54. The molecule has 0 saturated carbocycles. The largest absolute Gasteiger partial charge is 0.494 e. The molecule has 0 spiro atoms. The second-order valence-electron chi connectivity index (χ2n) is 5.78. The average Bonchev–Trinajstić information content (AvgIpc) is 2.71. The summed E-state index contributed by atoms with van der Waals surface area (Å²) in [6, 6.07) is 7.70. The van der Waals surface area contributed by atoms with Gasteiger partial charge in [-0.3, -0.25) is 9.69 Å². The number of carbonyl (C=O) groups is 1. The van der Waals surface area contributed by atoms with E-state index in [1.54, 1.807) is 0 Å². The van der Waals surface area contributed by atoms with Crippen molar-refractivity contribution < 1.29 is 14.6 Å². The van der Waals surface area contributed by atoms with E-state index in [0.717, 1.165) is 11.3 Å². The van der Waals surface area contributed by atoms with Crippen LogP contribution >= 0.6 is 0 Å². The van der Waals surface area contributed by atoms with Crippen molar-refractivity contribution in [1.29, 1.82) is 0 Å². The Balaban J connectivity index is 1.96. The van der Waals surface area contributed by atoms with Gasteiger partial charge in [0.25, 0.3) is 0 Å². The number of carbonyl (C=O) groups excluding carboxylic acids is 1. The molecular weight excluding hydrogens is 268 g/mol. The van der Waals surface area contributed by atoms with E-state index in [2.05, 4.69) is 5.32 Å². The molecule has 1 aliphatic heterocycles. The molecule has 2 rings (SSSR count). The van der Waals surface area contributed by atoms with Crippen LogP contribution in [0, 0.1) is 0 Å². The number of hydrogen-bond donors (Lipinski definition) is 2. The van der Waals surface area contributed by atoms with E-state index in [4.69, 9.17) is 4.74 Å². The predicted molar refractivity (Wildman–Crippen MR) is 81.1 cm³/mol. The number of β-amino-alcohol motifs (C(OH)–C–C–N with tert-alkyl or cyclic N) is 1. The highest BCUT2D eigenvalue weighted by molar-refractivity contribution is 5.86. The van der Waals surface area contributed by atoms with Crippen LogP contribution in [0.15, 0.2) is 24.3 Å². The van der Waals surface area contributed by atoms with E-state index in [-0.39, 0.29) is 5.91 Å². The SMILES string of the molecule is CCOc1cccc(CNC(=O)C2(C)CC(O)CN2C)c1. The van der Waals surface area contributed by atoms with Gasteiger partial charge in [-0.05, 0) is 38.6 Å². The Morgan fingerprint density at radius 3 is 2.95 bits per heavy atom. The second-order valence-corrected chi connectivity index (χ2v) is 5.78. The van der Waals surface area contributed by atoms with Crippen LogP contribution < -0.4 is 10.1 Å². The molecule has 1 fully saturated rings. The Labute approximate surface area is 125 Å². The zero-order valence-electron chi connectivity index (χ0n) is 12.9. The van der Waals surface area contributed by atoms with Gasteiger partial charge in [-0.2, -0.15) is 0 Å². The second kappa shape index (κ2) is 6.45. The first-order chi connectivity index (χ1) is 9.95. The average molecular weight is 292 g/mol. The van der Waals surface area contributed by atoms with E-state index < -0.39 is 11.6 Å². The van der Waals surface area contributed by atoms with Crippen LogP contribution in [-0.4, -0.2) is 47.8 Å². The third-order valence-electron chi connectivity index (χ3n) is 4.11. The first kappa shape index (κ1) is 15.8. The van der Waals surface area contributed by atoms with Crippen molar-refractivity contribution in [2.75, 3.05) is 20.2 Å². The van der Waals surface area contributed by atoms with Gasteiger partial charge in [0.15, 0.2) is 0 Å². The summed E-state index contributed by atoms with van der Waals surface area (Å²) in [7, 11) is 1.87. The Hall–Kier alpha value is -1.59. The number of ether oxygens (including phenoxy) is 1. The lowest BCUT2D eigenvalue weighted by Crippen LogP contribution is -2.51.